The van der Waals surface area contributed by atoms with Gasteiger partial charge in [0, 0.05) is 43.6 Å². The maximum Gasteiger partial charge on any atom is 0.171 e. The molecule has 0 atom stereocenters. The van der Waals surface area contributed by atoms with Crippen LogP contribution in [-0.2, 0) is 14.9 Å². The molecule has 1 heterocycles. The van der Waals surface area contributed by atoms with Crippen molar-refractivity contribution < 1.29 is 9.53 Å². The van der Waals surface area contributed by atoms with Crippen LogP contribution in [0.5, 0.6) is 0 Å². The Balaban J connectivity index is 2.17. The summed E-state index contributed by atoms with van der Waals surface area (Å²) in [4.78, 5) is 16.5. The highest BCUT2D eigenvalue weighted by molar-refractivity contribution is 5.93. The molecule has 4 nitrogen and oxygen atoms in total. The lowest BCUT2D eigenvalue weighted by Gasteiger charge is -2.24. The molecule has 120 valence electrons. The third-order valence-corrected chi connectivity index (χ3v) is 4.34. The first kappa shape index (κ1) is 16.7. The number of hydrogen-bond acceptors (Lipinski definition) is 4. The highest BCUT2D eigenvalue weighted by Crippen LogP contribution is 2.46. The van der Waals surface area contributed by atoms with Crippen molar-refractivity contribution in [1.82, 2.24) is 4.90 Å². The van der Waals surface area contributed by atoms with Crippen LogP contribution < -0.4 is 4.90 Å². The minimum Gasteiger partial charge on any atom is -0.383 e. The van der Waals surface area contributed by atoms with Gasteiger partial charge in [-0.2, -0.15) is 0 Å². The van der Waals surface area contributed by atoms with E-state index in [1.54, 1.807) is 13.2 Å². The Morgan fingerprint density at radius 2 is 2.05 bits per heavy atom. The molecule has 0 aromatic heterocycles. The molecule has 0 aliphatic carbocycles. The van der Waals surface area contributed by atoms with Gasteiger partial charge in [0.15, 0.2) is 5.78 Å². The minimum absolute atomic E-state index is 0.126. The Labute approximate surface area is 133 Å². The van der Waals surface area contributed by atoms with Gasteiger partial charge in [-0.1, -0.05) is 32.0 Å². The van der Waals surface area contributed by atoms with Gasteiger partial charge < -0.3 is 9.64 Å². The second-order valence-corrected chi connectivity index (χ2v) is 6.43. The Hall–Kier alpha value is -1.65. The van der Waals surface area contributed by atoms with Gasteiger partial charge in [0.25, 0.3) is 0 Å². The van der Waals surface area contributed by atoms with Crippen LogP contribution in [0.25, 0.3) is 0 Å². The average molecular weight is 302 g/mol. The number of carbonyl (C=O) groups is 1. The highest BCUT2D eigenvalue weighted by Gasteiger charge is 2.38. The fourth-order valence-electron chi connectivity index (χ4n) is 3.05. The van der Waals surface area contributed by atoms with Crippen LogP contribution in [0.1, 0.15) is 19.4 Å². The van der Waals surface area contributed by atoms with E-state index in [-0.39, 0.29) is 11.2 Å². The van der Waals surface area contributed by atoms with Crippen molar-refractivity contribution in [3.05, 3.63) is 41.6 Å². The summed E-state index contributed by atoms with van der Waals surface area (Å²) in [5.74, 6) is 0.126. The standard InChI is InChI=1S/C18H26N2O2/c1-18(2)15-8-6-7-9-16(15)20(4)17(18)12-14(21)13-19(3)10-11-22-5/h6-9,12H,10-11,13H2,1-5H3. The quantitative estimate of drug-likeness (QED) is 0.756. The van der Waals surface area contributed by atoms with Crippen LogP contribution >= 0.6 is 0 Å². The molecule has 1 aliphatic rings. The first-order chi connectivity index (χ1) is 10.4. The van der Waals surface area contributed by atoms with Gasteiger partial charge in [-0.3, -0.25) is 9.69 Å². The molecule has 1 aliphatic heterocycles. The van der Waals surface area contributed by atoms with Crippen molar-refractivity contribution in [3.63, 3.8) is 0 Å². The summed E-state index contributed by atoms with van der Waals surface area (Å²) in [6.07, 6.45) is 1.79. The number of allylic oxidation sites excluding steroid dienone is 1. The molecular weight excluding hydrogens is 276 g/mol. The number of nitrogens with zero attached hydrogens (tertiary/aromatic N) is 2. The lowest BCUT2D eigenvalue weighted by atomic mass is 9.83. The number of likely N-dealkylation sites (N-methyl/N-ethyl adjacent to an activating group) is 2. The number of ketones is 1. The molecule has 1 aromatic carbocycles. The first-order valence-electron chi connectivity index (χ1n) is 7.63. The number of carbonyl (C=O) groups excluding carboxylic acids is 1. The third kappa shape index (κ3) is 3.23. The summed E-state index contributed by atoms with van der Waals surface area (Å²) in [5, 5.41) is 0. The highest BCUT2D eigenvalue weighted by atomic mass is 16.5. The topological polar surface area (TPSA) is 32.8 Å². The van der Waals surface area contributed by atoms with Gasteiger partial charge >= 0.3 is 0 Å². The number of fused-ring (bicyclic) bond motifs is 1. The fourth-order valence-corrected chi connectivity index (χ4v) is 3.05. The van der Waals surface area contributed by atoms with E-state index in [0.29, 0.717) is 13.2 Å². The molecule has 0 saturated carbocycles. The zero-order valence-electron chi connectivity index (χ0n) is 14.2. The molecule has 0 bridgehead atoms. The Kier molecular flexibility index (Phi) is 5.04. The zero-order chi connectivity index (χ0) is 16.3. The van der Waals surface area contributed by atoms with Crippen LogP contribution in [0.2, 0.25) is 0 Å². The van der Waals surface area contributed by atoms with Crippen molar-refractivity contribution in [2.75, 3.05) is 45.8 Å². The molecule has 4 heteroatoms. The summed E-state index contributed by atoms with van der Waals surface area (Å²) < 4.78 is 5.04. The number of para-hydroxylation sites is 1. The summed E-state index contributed by atoms with van der Waals surface area (Å²) in [7, 11) is 5.64. The predicted molar refractivity (Wildman–Crippen MR) is 90.3 cm³/mol. The second kappa shape index (κ2) is 6.63. The lowest BCUT2D eigenvalue weighted by Crippen LogP contribution is -2.30. The van der Waals surface area contributed by atoms with E-state index in [1.807, 2.05) is 25.1 Å². The number of hydrogen-bond donors (Lipinski definition) is 0. The molecule has 22 heavy (non-hydrogen) atoms. The smallest absolute Gasteiger partial charge is 0.171 e. The molecule has 0 saturated heterocycles. The van der Waals surface area contributed by atoms with E-state index in [9.17, 15) is 4.79 Å². The first-order valence-corrected chi connectivity index (χ1v) is 7.63. The zero-order valence-corrected chi connectivity index (χ0v) is 14.2. The van der Waals surface area contributed by atoms with Gasteiger partial charge in [-0.15, -0.1) is 0 Å². The monoisotopic (exact) mass is 302 g/mol. The largest absolute Gasteiger partial charge is 0.383 e. The SMILES string of the molecule is COCCN(C)CC(=O)C=C1N(C)c2ccccc2C1(C)C. The molecule has 0 radical (unpaired) electrons. The van der Waals surface area contributed by atoms with Crippen LogP contribution in [0.4, 0.5) is 5.69 Å². The maximum atomic E-state index is 12.4. The Morgan fingerprint density at radius 1 is 1.36 bits per heavy atom. The Bertz CT molecular complexity index is 578. The van der Waals surface area contributed by atoms with Crippen molar-refractivity contribution in [3.8, 4) is 0 Å². The van der Waals surface area contributed by atoms with E-state index in [0.717, 1.165) is 12.2 Å². The fraction of sp³-hybridized carbons (Fsp3) is 0.500. The van der Waals surface area contributed by atoms with Gasteiger partial charge in [0.05, 0.1) is 13.2 Å². The molecule has 0 spiro atoms. The van der Waals surface area contributed by atoms with Gasteiger partial charge in [0.1, 0.15) is 0 Å². The van der Waals surface area contributed by atoms with Crippen LogP contribution in [0, 0.1) is 0 Å². The number of anilines is 1. The molecule has 0 fully saturated rings. The van der Waals surface area contributed by atoms with Crippen LogP contribution in [0.15, 0.2) is 36.0 Å². The Morgan fingerprint density at radius 3 is 2.68 bits per heavy atom. The number of benzene rings is 1. The molecule has 0 amide bonds. The van der Waals surface area contributed by atoms with E-state index < -0.39 is 0 Å². The average Bonchev–Trinajstić information content (AvgIpc) is 2.67. The van der Waals surface area contributed by atoms with E-state index in [4.69, 9.17) is 4.74 Å². The van der Waals surface area contributed by atoms with E-state index in [2.05, 4.69) is 36.9 Å². The normalized spacial score (nSPS) is 18.1. The number of methoxy groups -OCH3 is 1. The lowest BCUT2D eigenvalue weighted by molar-refractivity contribution is -0.115. The van der Waals surface area contributed by atoms with E-state index >= 15 is 0 Å². The summed E-state index contributed by atoms with van der Waals surface area (Å²) in [6, 6.07) is 8.33. The third-order valence-electron chi connectivity index (χ3n) is 4.34. The van der Waals surface area contributed by atoms with Gasteiger partial charge in [-0.05, 0) is 18.7 Å². The molecule has 2 rings (SSSR count). The van der Waals surface area contributed by atoms with Crippen molar-refractivity contribution >= 4 is 11.5 Å². The summed E-state index contributed by atoms with van der Waals surface area (Å²) in [5.41, 5.74) is 3.36. The van der Waals surface area contributed by atoms with Crippen molar-refractivity contribution in [2.24, 2.45) is 0 Å². The van der Waals surface area contributed by atoms with Crippen molar-refractivity contribution in [2.45, 2.75) is 19.3 Å². The molecular formula is C18H26N2O2. The van der Waals surface area contributed by atoms with Crippen molar-refractivity contribution in [1.29, 1.82) is 0 Å². The molecule has 1 aromatic rings. The summed E-state index contributed by atoms with van der Waals surface area (Å²) >= 11 is 0. The number of ether oxygens (including phenoxy) is 1. The second-order valence-electron chi connectivity index (χ2n) is 6.43. The minimum atomic E-state index is -0.147. The predicted octanol–water partition coefficient (Wildman–Crippen LogP) is 2.45. The van der Waals surface area contributed by atoms with Gasteiger partial charge in [-0.25, -0.2) is 0 Å². The van der Waals surface area contributed by atoms with Crippen LogP contribution in [0.3, 0.4) is 0 Å². The van der Waals surface area contributed by atoms with Gasteiger partial charge in [0.2, 0.25) is 0 Å². The maximum absolute atomic E-state index is 12.4. The summed E-state index contributed by atoms with van der Waals surface area (Å²) in [6.45, 7) is 6.14. The molecule has 0 N–H and O–H groups in total. The number of rotatable bonds is 6. The molecule has 0 unspecified atom stereocenters. The van der Waals surface area contributed by atoms with E-state index in [1.165, 1.54) is 11.3 Å². The van der Waals surface area contributed by atoms with Crippen LogP contribution in [-0.4, -0.2) is 51.6 Å².